The Kier molecular flexibility index (Phi) is 12.0. The predicted octanol–water partition coefficient (Wildman–Crippen LogP) is 16.6. The molecule has 0 heterocycles. The Morgan fingerprint density at radius 2 is 1.10 bits per heavy atom. The van der Waals surface area contributed by atoms with Gasteiger partial charge in [-0.15, -0.1) is 0 Å². The van der Waals surface area contributed by atoms with Gasteiger partial charge >= 0.3 is 357 Å². The van der Waals surface area contributed by atoms with Crippen LogP contribution in [-0.4, -0.2) is 24.5 Å². The summed E-state index contributed by atoms with van der Waals surface area (Å²) in [6.45, 7) is 10.8. The quantitative estimate of drug-likeness (QED) is 0.116. The number of allylic oxidation sites excluding steroid dienone is 2. The van der Waals surface area contributed by atoms with Crippen molar-refractivity contribution in [1.82, 2.24) is 0 Å². The fraction of sp³-hybridized carbons (Fsp3) is 0.404. The molecule has 2 atom stereocenters. The first-order valence-corrected chi connectivity index (χ1v) is 37.0. The van der Waals surface area contributed by atoms with Crippen LogP contribution in [-0.2, 0) is 21.0 Å². The molecule has 0 bridgehead atoms. The van der Waals surface area contributed by atoms with E-state index in [0.29, 0.717) is 41.5 Å². The first kappa shape index (κ1) is 45.4. The standard InChI is InChI=1S/C24H27.C21H14F9.C2H7Si.2ClH.Zr/c1-17(2)18-11-13-20(14-12-18)23-10-6-9-21-15-22(16-24(21)23)19-7-4-3-5-8-19;1-2-12-10-14-4-3-5-16(17(14)11-12)13-6-8-15(9-7-13)18(19(22,23)24,20(25,26)27)21(28,29)30;1-3-2;;;/h6,9-17,19H,3-5,7-8H2,1-2H3;3-11H,2H2,1H3;3H,1-2H3;2*1H;/q;;;;;+2/p-2. The molecule has 0 saturated heterocycles. The van der Waals surface area contributed by atoms with Gasteiger partial charge in [-0.2, -0.15) is 0 Å². The average Bonchev–Trinajstić information content (AvgIpc) is 3.78. The number of fused-ring (bicyclic) bond motifs is 2. The molecule has 3 aliphatic rings. The Morgan fingerprint density at radius 3 is 1.55 bits per heavy atom. The van der Waals surface area contributed by atoms with E-state index in [0.717, 1.165) is 77.6 Å². The zero-order valence-electron chi connectivity index (χ0n) is 34.0. The molecule has 60 heavy (non-hydrogen) atoms. The molecule has 4 aromatic carbocycles. The van der Waals surface area contributed by atoms with Crippen LogP contribution in [0.5, 0.6) is 0 Å². The van der Waals surface area contributed by atoms with Crippen LogP contribution in [0.2, 0.25) is 13.1 Å². The summed E-state index contributed by atoms with van der Waals surface area (Å²) in [6.07, 6.45) is -9.73. The van der Waals surface area contributed by atoms with Crippen LogP contribution in [0.3, 0.4) is 0 Å². The summed E-state index contributed by atoms with van der Waals surface area (Å²) in [6, 6.07) is 22.9. The second kappa shape index (κ2) is 15.9. The van der Waals surface area contributed by atoms with Crippen LogP contribution in [0.25, 0.3) is 34.4 Å². The fourth-order valence-electron chi connectivity index (χ4n) is 10.5. The second-order valence-electron chi connectivity index (χ2n) is 17.5. The van der Waals surface area contributed by atoms with Gasteiger partial charge in [0.25, 0.3) is 0 Å². The maximum atomic E-state index is 14.0. The molecule has 2 unspecified atom stereocenters. The van der Waals surface area contributed by atoms with Gasteiger partial charge in [0.05, 0.1) is 0 Å². The minimum atomic E-state index is -6.71. The van der Waals surface area contributed by atoms with Gasteiger partial charge in [-0.25, -0.2) is 0 Å². The zero-order chi connectivity index (χ0) is 43.8. The van der Waals surface area contributed by atoms with Crippen LogP contribution in [0, 0.1) is 5.92 Å². The van der Waals surface area contributed by atoms with E-state index in [9.17, 15) is 39.5 Å². The van der Waals surface area contributed by atoms with E-state index < -0.39 is 51.0 Å². The van der Waals surface area contributed by atoms with Crippen molar-refractivity contribution in [1.29, 1.82) is 0 Å². The molecule has 0 nitrogen and oxygen atoms in total. The van der Waals surface area contributed by atoms with Crippen molar-refractivity contribution in [2.75, 3.05) is 0 Å². The predicted molar refractivity (Wildman–Crippen MR) is 227 cm³/mol. The van der Waals surface area contributed by atoms with Crippen LogP contribution >= 0.6 is 17.0 Å². The topological polar surface area (TPSA) is 0 Å². The molecule has 13 heteroatoms. The number of hydrogen-bond acceptors (Lipinski definition) is 0. The second-order valence-corrected chi connectivity index (χ2v) is 60.0. The molecule has 1 saturated carbocycles. The van der Waals surface area contributed by atoms with E-state index >= 15 is 0 Å². The third-order valence-electron chi connectivity index (χ3n) is 13.7. The van der Waals surface area contributed by atoms with Crippen LogP contribution in [0.4, 0.5) is 39.5 Å². The van der Waals surface area contributed by atoms with Gasteiger partial charge in [-0.3, -0.25) is 0 Å². The van der Waals surface area contributed by atoms with Gasteiger partial charge < -0.3 is 0 Å². The molecule has 0 spiro atoms. The van der Waals surface area contributed by atoms with E-state index in [1.165, 1.54) is 11.1 Å². The van der Waals surface area contributed by atoms with Gasteiger partial charge in [0.2, 0.25) is 0 Å². The van der Waals surface area contributed by atoms with Crippen molar-refractivity contribution < 1.29 is 55.1 Å². The van der Waals surface area contributed by atoms with Crippen molar-refractivity contribution >= 4 is 35.1 Å². The van der Waals surface area contributed by atoms with Crippen molar-refractivity contribution in [3.05, 3.63) is 129 Å². The monoisotopic (exact) mass is 971 g/mol. The summed E-state index contributed by atoms with van der Waals surface area (Å²) in [7, 11) is 17.3. The van der Waals surface area contributed by atoms with E-state index in [1.54, 1.807) is 12.1 Å². The molecule has 7 rings (SSSR count). The molecule has 0 amide bonds. The van der Waals surface area contributed by atoms with E-state index in [-0.39, 0.29) is 12.8 Å². The zero-order valence-corrected chi connectivity index (χ0v) is 39.1. The number of rotatable bonds is 9. The normalized spacial score (nSPS) is 19.9. The molecular weight excluding hydrogens is 926 g/mol. The molecule has 0 N–H and O–H groups in total. The molecule has 0 radical (unpaired) electrons. The number of alkyl halides is 9. The molecular formula is C47H48Cl2F9SiZr. The Bertz CT molecular complexity index is 2280. The Hall–Kier alpha value is -2.59. The first-order chi connectivity index (χ1) is 28.0. The van der Waals surface area contributed by atoms with E-state index in [4.69, 9.17) is 17.0 Å². The first-order valence-electron chi connectivity index (χ1n) is 20.6. The van der Waals surface area contributed by atoms with Crippen molar-refractivity contribution in [2.45, 2.75) is 110 Å². The average molecular weight is 974 g/mol. The summed E-state index contributed by atoms with van der Waals surface area (Å²) in [5.74, 6) is -1.34. The molecule has 1 fully saturated rings. The fourth-order valence-corrected chi connectivity index (χ4v) is 41.9. The third-order valence-corrected chi connectivity index (χ3v) is 65.5. The maximum absolute atomic E-state index is 14.0. The van der Waals surface area contributed by atoms with Crippen molar-refractivity contribution in [3.63, 3.8) is 0 Å². The Morgan fingerprint density at radius 1 is 0.633 bits per heavy atom. The van der Waals surface area contributed by atoms with Gasteiger partial charge in [-0.1, -0.05) is 0 Å². The molecule has 4 aromatic rings. The van der Waals surface area contributed by atoms with Gasteiger partial charge in [0, 0.05) is 0 Å². The van der Waals surface area contributed by atoms with Gasteiger partial charge in [-0.05, 0) is 0 Å². The Balaban J connectivity index is 1.40. The number of hydrogen-bond donors (Lipinski definition) is 0. The van der Waals surface area contributed by atoms with Gasteiger partial charge in [0.1, 0.15) is 0 Å². The van der Waals surface area contributed by atoms with Crippen molar-refractivity contribution in [3.8, 4) is 22.3 Å². The Labute approximate surface area is 355 Å². The molecule has 3 aliphatic carbocycles. The molecule has 321 valence electrons. The SMILES string of the molecule is CCC1=Cc2c(-c3ccc(C(C(F)(F)F)(C(F)(F)F)C(F)(F)F)cc3)cccc2[CH]1[Zr]([Cl])([Cl])([CH]1C(C2CCCCC2)=Cc2c(-c3ccc(C(C)C)cc3)cccc21)[SiH](C)C. The van der Waals surface area contributed by atoms with Crippen LogP contribution in [0.15, 0.2) is 96.1 Å². The van der Waals surface area contributed by atoms with Crippen LogP contribution < -0.4 is 0 Å². The summed E-state index contributed by atoms with van der Waals surface area (Å²) in [5, 5.41) is 0. The van der Waals surface area contributed by atoms with Crippen molar-refractivity contribution in [2.24, 2.45) is 5.92 Å². The van der Waals surface area contributed by atoms with Gasteiger partial charge in [0.15, 0.2) is 0 Å². The number of benzene rings is 4. The number of halogens is 11. The molecule has 0 aromatic heterocycles. The third kappa shape index (κ3) is 7.06. The van der Waals surface area contributed by atoms with Crippen LogP contribution in [0.1, 0.15) is 106 Å². The molecule has 0 aliphatic heterocycles. The summed E-state index contributed by atoms with van der Waals surface area (Å²) >= 11 is -5.35. The minimum absolute atomic E-state index is 0.172. The van der Waals surface area contributed by atoms with E-state index in [2.05, 4.69) is 75.5 Å². The summed E-state index contributed by atoms with van der Waals surface area (Å²) in [5.41, 5.74) is 2.18. The summed E-state index contributed by atoms with van der Waals surface area (Å²) in [4.78, 5) is 0. The van der Waals surface area contributed by atoms with E-state index in [1.807, 2.05) is 19.1 Å². The summed E-state index contributed by atoms with van der Waals surface area (Å²) < 4.78 is 126.